The predicted molar refractivity (Wildman–Crippen MR) is 91.0 cm³/mol. The number of aryl methyl sites for hydroxylation is 2. The first-order chi connectivity index (χ1) is 11.3. The van der Waals surface area contributed by atoms with Crippen molar-refractivity contribution in [3.8, 4) is 0 Å². The first kappa shape index (κ1) is 16.5. The van der Waals surface area contributed by atoms with Gasteiger partial charge in [-0.1, -0.05) is 35.4 Å². The van der Waals surface area contributed by atoms with E-state index in [-0.39, 0.29) is 17.7 Å². The molecule has 2 aliphatic rings. The zero-order chi connectivity index (χ0) is 17.6. The van der Waals surface area contributed by atoms with E-state index in [0.717, 1.165) is 28.0 Å². The average molecular weight is 324 g/mol. The number of carboxylic acid groups (broad SMARTS) is 1. The van der Waals surface area contributed by atoms with Crippen molar-refractivity contribution in [2.45, 2.75) is 27.7 Å². The number of rotatable bonds is 3. The third kappa shape index (κ3) is 2.56. The Kier molecular flexibility index (Phi) is 4.08. The van der Waals surface area contributed by atoms with Gasteiger partial charge in [0.2, 0.25) is 5.91 Å². The van der Waals surface area contributed by atoms with Crippen molar-refractivity contribution in [2.75, 3.05) is 5.32 Å². The summed E-state index contributed by atoms with van der Waals surface area (Å²) >= 11 is 0. The highest BCUT2D eigenvalue weighted by molar-refractivity contribution is 5.97. The molecule has 1 fully saturated rings. The lowest BCUT2D eigenvalue weighted by atomic mass is 9.82. The number of aliphatic carboxylic acids is 1. The fraction of sp³-hybridized carbons (Fsp3) is 0.400. The van der Waals surface area contributed by atoms with E-state index in [4.69, 9.17) is 0 Å². The van der Waals surface area contributed by atoms with Crippen LogP contribution in [-0.2, 0) is 9.59 Å². The summed E-state index contributed by atoms with van der Waals surface area (Å²) in [6, 6.07) is 5.84. The first-order valence-corrected chi connectivity index (χ1v) is 8.26. The number of hydrogen-bond donors (Lipinski definition) is 1. The summed E-state index contributed by atoms with van der Waals surface area (Å²) in [4.78, 5) is 24.6. The fourth-order valence-corrected chi connectivity index (χ4v) is 4.11. The SMILES string of the molecule is CC(C)=C1C2C=CC1C(C(=O)Nc1cc(C)ccc1C)C2C(=O)[O-]. The highest BCUT2D eigenvalue weighted by Gasteiger charge is 2.52. The smallest absolute Gasteiger partial charge is 0.229 e. The number of anilines is 1. The van der Waals surface area contributed by atoms with Gasteiger partial charge in [-0.15, -0.1) is 0 Å². The van der Waals surface area contributed by atoms with Crippen molar-refractivity contribution in [3.05, 3.63) is 52.6 Å². The van der Waals surface area contributed by atoms with Gasteiger partial charge >= 0.3 is 0 Å². The lowest BCUT2D eigenvalue weighted by Crippen LogP contribution is -2.42. The molecule has 1 aromatic carbocycles. The van der Waals surface area contributed by atoms with Gasteiger partial charge in [-0.25, -0.2) is 0 Å². The van der Waals surface area contributed by atoms with Gasteiger partial charge in [-0.3, -0.25) is 4.79 Å². The van der Waals surface area contributed by atoms with Gasteiger partial charge in [-0.2, -0.15) is 0 Å². The highest BCUT2D eigenvalue weighted by atomic mass is 16.4. The van der Waals surface area contributed by atoms with Gasteiger partial charge in [0.05, 0.1) is 5.92 Å². The normalized spacial score (nSPS) is 27.4. The second-order valence-electron chi connectivity index (χ2n) is 7.07. The maximum atomic E-state index is 12.9. The largest absolute Gasteiger partial charge is 0.550 e. The number of carbonyl (C=O) groups excluding carboxylic acids is 2. The lowest BCUT2D eigenvalue weighted by molar-refractivity contribution is -0.313. The van der Waals surface area contributed by atoms with E-state index >= 15 is 0 Å². The van der Waals surface area contributed by atoms with E-state index in [1.165, 1.54) is 0 Å². The van der Waals surface area contributed by atoms with E-state index in [0.29, 0.717) is 0 Å². The number of fused-ring (bicyclic) bond motifs is 2. The van der Waals surface area contributed by atoms with Crippen LogP contribution in [0, 0.1) is 37.5 Å². The first-order valence-electron chi connectivity index (χ1n) is 8.26. The standard InChI is InChI=1S/C20H23NO3/c1-10(2)16-13-7-8-14(16)18(20(23)24)17(13)19(22)21-15-9-11(3)5-6-12(15)4/h5-9,13-14,17-18H,1-4H3,(H,21,22)(H,23,24)/p-1. The zero-order valence-electron chi connectivity index (χ0n) is 14.4. The lowest BCUT2D eigenvalue weighted by Gasteiger charge is -2.27. The number of amides is 1. The van der Waals surface area contributed by atoms with Crippen LogP contribution < -0.4 is 10.4 Å². The van der Waals surface area contributed by atoms with Gasteiger partial charge < -0.3 is 15.2 Å². The minimum absolute atomic E-state index is 0.145. The third-order valence-corrected chi connectivity index (χ3v) is 5.21. The number of benzene rings is 1. The molecule has 0 heterocycles. The van der Waals surface area contributed by atoms with Crippen molar-refractivity contribution in [1.82, 2.24) is 0 Å². The fourth-order valence-electron chi connectivity index (χ4n) is 4.11. The van der Waals surface area contributed by atoms with Crippen molar-refractivity contribution in [2.24, 2.45) is 23.7 Å². The van der Waals surface area contributed by atoms with E-state index in [1.54, 1.807) is 0 Å². The van der Waals surface area contributed by atoms with Crippen LogP contribution in [0.3, 0.4) is 0 Å². The molecule has 0 saturated heterocycles. The Morgan fingerprint density at radius 1 is 1.04 bits per heavy atom. The van der Waals surface area contributed by atoms with Crippen molar-refractivity contribution >= 4 is 17.6 Å². The number of carbonyl (C=O) groups is 2. The third-order valence-electron chi connectivity index (χ3n) is 5.21. The van der Waals surface area contributed by atoms with E-state index in [9.17, 15) is 14.7 Å². The van der Waals surface area contributed by atoms with Gasteiger partial charge in [0.25, 0.3) is 0 Å². The molecule has 4 heteroatoms. The molecule has 4 atom stereocenters. The summed E-state index contributed by atoms with van der Waals surface area (Å²) in [6.07, 6.45) is 3.88. The van der Waals surface area contributed by atoms with E-state index in [2.05, 4.69) is 5.32 Å². The molecule has 1 amide bonds. The van der Waals surface area contributed by atoms with Crippen LogP contribution in [0.2, 0.25) is 0 Å². The summed E-state index contributed by atoms with van der Waals surface area (Å²) in [5, 5.41) is 14.6. The number of carboxylic acids is 1. The molecule has 2 aliphatic carbocycles. The number of allylic oxidation sites excluding steroid dienone is 4. The summed E-state index contributed by atoms with van der Waals surface area (Å²) in [7, 11) is 0. The van der Waals surface area contributed by atoms with Crippen LogP contribution in [-0.4, -0.2) is 11.9 Å². The molecular weight excluding hydrogens is 302 g/mol. The summed E-state index contributed by atoms with van der Waals surface area (Å²) < 4.78 is 0. The summed E-state index contributed by atoms with van der Waals surface area (Å²) in [6.45, 7) is 7.83. The molecule has 4 nitrogen and oxygen atoms in total. The molecule has 3 rings (SSSR count). The zero-order valence-corrected chi connectivity index (χ0v) is 14.4. The van der Waals surface area contributed by atoms with Crippen LogP contribution in [0.5, 0.6) is 0 Å². The summed E-state index contributed by atoms with van der Waals surface area (Å²) in [5.74, 6) is -3.17. The Hall–Kier alpha value is -2.36. The van der Waals surface area contributed by atoms with Gasteiger partial charge in [-0.05, 0) is 44.9 Å². The maximum Gasteiger partial charge on any atom is 0.229 e. The minimum Gasteiger partial charge on any atom is -0.550 e. The molecular formula is C20H22NO3-. The van der Waals surface area contributed by atoms with Crippen LogP contribution >= 0.6 is 0 Å². The molecule has 1 aromatic rings. The quantitative estimate of drug-likeness (QED) is 0.868. The second-order valence-corrected chi connectivity index (χ2v) is 7.07. The van der Waals surface area contributed by atoms with E-state index in [1.807, 2.05) is 58.0 Å². The molecule has 4 unspecified atom stereocenters. The molecule has 0 aromatic heterocycles. The number of nitrogens with one attached hydrogen (secondary N) is 1. The molecule has 126 valence electrons. The molecule has 2 bridgehead atoms. The summed E-state index contributed by atoms with van der Waals surface area (Å²) in [5.41, 5.74) is 4.89. The molecule has 0 radical (unpaired) electrons. The van der Waals surface area contributed by atoms with Crippen LogP contribution in [0.1, 0.15) is 25.0 Å². The van der Waals surface area contributed by atoms with Crippen LogP contribution in [0.15, 0.2) is 41.5 Å². The van der Waals surface area contributed by atoms with Gasteiger partial charge in [0.15, 0.2) is 0 Å². The van der Waals surface area contributed by atoms with Crippen molar-refractivity contribution in [3.63, 3.8) is 0 Å². The molecule has 1 N–H and O–H groups in total. The topological polar surface area (TPSA) is 69.2 Å². The Balaban J connectivity index is 1.94. The van der Waals surface area contributed by atoms with Crippen LogP contribution in [0.25, 0.3) is 0 Å². The average Bonchev–Trinajstić information content (AvgIpc) is 3.06. The Morgan fingerprint density at radius 2 is 1.67 bits per heavy atom. The van der Waals surface area contributed by atoms with Crippen LogP contribution in [0.4, 0.5) is 5.69 Å². The van der Waals surface area contributed by atoms with Crippen molar-refractivity contribution < 1.29 is 14.7 Å². The molecule has 24 heavy (non-hydrogen) atoms. The van der Waals surface area contributed by atoms with Crippen molar-refractivity contribution in [1.29, 1.82) is 0 Å². The van der Waals surface area contributed by atoms with E-state index < -0.39 is 17.8 Å². The minimum atomic E-state index is -1.15. The Morgan fingerprint density at radius 3 is 2.25 bits per heavy atom. The molecule has 0 aliphatic heterocycles. The Labute approximate surface area is 142 Å². The number of hydrogen-bond acceptors (Lipinski definition) is 3. The monoisotopic (exact) mass is 324 g/mol. The molecule has 0 spiro atoms. The second kappa shape index (κ2) is 5.93. The maximum absolute atomic E-state index is 12.9. The highest BCUT2D eigenvalue weighted by Crippen LogP contribution is 2.53. The van der Waals surface area contributed by atoms with Gasteiger partial charge in [0.1, 0.15) is 0 Å². The predicted octanol–water partition coefficient (Wildman–Crippen LogP) is 2.38. The van der Waals surface area contributed by atoms with Gasteiger partial charge in [0, 0.05) is 29.4 Å². The molecule has 1 saturated carbocycles. The Bertz CT molecular complexity index is 771.